The van der Waals surface area contributed by atoms with Crippen molar-refractivity contribution in [3.8, 4) is 11.5 Å². The zero-order valence-electron chi connectivity index (χ0n) is 15.0. The summed E-state index contributed by atoms with van der Waals surface area (Å²) in [4.78, 5) is 24.1. The Morgan fingerprint density at radius 3 is 2.65 bits per heavy atom. The molecule has 0 atom stereocenters. The molecule has 0 spiro atoms. The van der Waals surface area contributed by atoms with Gasteiger partial charge in [-0.25, -0.2) is 4.79 Å². The van der Waals surface area contributed by atoms with Crippen molar-refractivity contribution in [2.75, 3.05) is 13.7 Å². The monoisotopic (exact) mass is 352 g/mol. The summed E-state index contributed by atoms with van der Waals surface area (Å²) < 4.78 is 16.1. The maximum absolute atomic E-state index is 12.5. The molecule has 0 aliphatic carbocycles. The second kappa shape index (κ2) is 7.44. The van der Waals surface area contributed by atoms with E-state index in [1.54, 1.807) is 24.3 Å². The lowest BCUT2D eigenvalue weighted by atomic mass is 10.1. The Balaban J connectivity index is 1.83. The fourth-order valence-electron chi connectivity index (χ4n) is 2.86. The molecule has 0 saturated heterocycles. The van der Waals surface area contributed by atoms with E-state index < -0.39 is 5.63 Å². The maximum atomic E-state index is 12.5. The lowest BCUT2D eigenvalue weighted by Gasteiger charge is -2.10. The third-order valence-electron chi connectivity index (χ3n) is 4.21. The highest BCUT2D eigenvalue weighted by Crippen LogP contribution is 2.24. The molecule has 0 saturated carbocycles. The van der Waals surface area contributed by atoms with Gasteiger partial charge in [0.25, 0.3) is 0 Å². The lowest BCUT2D eigenvalue weighted by molar-refractivity contribution is 0.0918. The topological polar surface area (TPSA) is 65.7 Å². The van der Waals surface area contributed by atoms with Crippen molar-refractivity contribution < 1.29 is 18.7 Å². The average Bonchev–Trinajstić information content (AvgIpc) is 2.64. The number of rotatable bonds is 6. The van der Waals surface area contributed by atoms with E-state index >= 15 is 0 Å². The summed E-state index contributed by atoms with van der Waals surface area (Å²) in [5, 5.41) is 0.867. The summed E-state index contributed by atoms with van der Waals surface area (Å²) in [6.45, 7) is 3.75. The van der Waals surface area contributed by atoms with E-state index in [-0.39, 0.29) is 12.4 Å². The summed E-state index contributed by atoms with van der Waals surface area (Å²) >= 11 is 0. The van der Waals surface area contributed by atoms with Crippen molar-refractivity contribution in [2.45, 2.75) is 20.3 Å². The highest BCUT2D eigenvalue weighted by atomic mass is 16.5. The molecule has 0 amide bonds. The van der Waals surface area contributed by atoms with Crippen molar-refractivity contribution in [1.82, 2.24) is 0 Å². The van der Waals surface area contributed by atoms with E-state index in [2.05, 4.69) is 0 Å². The first-order chi connectivity index (χ1) is 12.5. The molecule has 0 radical (unpaired) electrons. The van der Waals surface area contributed by atoms with Crippen molar-refractivity contribution in [3.63, 3.8) is 0 Å². The van der Waals surface area contributed by atoms with Gasteiger partial charge in [-0.05, 0) is 43.2 Å². The van der Waals surface area contributed by atoms with Crippen LogP contribution in [0.15, 0.2) is 51.7 Å². The molecular weight excluding hydrogens is 332 g/mol. The third-order valence-corrected chi connectivity index (χ3v) is 4.21. The molecule has 1 aromatic heterocycles. The minimum absolute atomic E-state index is 0.136. The van der Waals surface area contributed by atoms with Crippen LogP contribution >= 0.6 is 0 Å². The molecule has 5 heteroatoms. The molecule has 3 rings (SSSR count). The predicted molar refractivity (Wildman–Crippen MR) is 99.4 cm³/mol. The number of carbonyl (C=O) groups is 1. The van der Waals surface area contributed by atoms with E-state index in [1.165, 1.54) is 13.2 Å². The van der Waals surface area contributed by atoms with Gasteiger partial charge in [0.05, 0.1) is 12.7 Å². The molecule has 5 nitrogen and oxygen atoms in total. The molecule has 26 heavy (non-hydrogen) atoms. The summed E-state index contributed by atoms with van der Waals surface area (Å²) in [6, 6.07) is 12.2. The van der Waals surface area contributed by atoms with Crippen LogP contribution in [0, 0.1) is 6.92 Å². The molecule has 0 aliphatic rings. The van der Waals surface area contributed by atoms with Crippen LogP contribution in [0.25, 0.3) is 11.0 Å². The first-order valence-corrected chi connectivity index (χ1v) is 8.39. The number of hydrogen-bond acceptors (Lipinski definition) is 5. The number of hydrogen-bond donors (Lipinski definition) is 0. The van der Waals surface area contributed by atoms with Crippen LogP contribution in [0.1, 0.15) is 28.4 Å². The quantitative estimate of drug-likeness (QED) is 0.497. The third kappa shape index (κ3) is 3.61. The SMILES string of the molecule is CCc1cc(=O)oc2cc(OCC(=O)c3cc(C)ccc3OC)ccc12. The number of ether oxygens (including phenoxy) is 2. The zero-order valence-corrected chi connectivity index (χ0v) is 15.0. The molecule has 0 unspecified atom stereocenters. The number of Topliss-reactive ketones (excluding diaryl/α,β-unsaturated/α-hetero) is 1. The van der Waals surface area contributed by atoms with Gasteiger partial charge < -0.3 is 13.9 Å². The molecule has 0 fully saturated rings. The Morgan fingerprint density at radius 1 is 1.12 bits per heavy atom. The summed E-state index contributed by atoms with van der Waals surface area (Å²) in [5.74, 6) is 0.796. The minimum Gasteiger partial charge on any atom is -0.496 e. The highest BCUT2D eigenvalue weighted by molar-refractivity contribution is 6.00. The van der Waals surface area contributed by atoms with E-state index in [1.807, 2.05) is 26.0 Å². The summed E-state index contributed by atoms with van der Waals surface area (Å²) in [6.07, 6.45) is 0.730. The first-order valence-electron chi connectivity index (χ1n) is 8.39. The van der Waals surface area contributed by atoms with Gasteiger partial charge in [-0.3, -0.25) is 4.79 Å². The average molecular weight is 352 g/mol. The molecule has 0 N–H and O–H groups in total. The Labute approximate surface area is 151 Å². The molecular formula is C21H20O5. The molecule has 0 aliphatic heterocycles. The van der Waals surface area contributed by atoms with Crippen molar-refractivity contribution >= 4 is 16.8 Å². The Morgan fingerprint density at radius 2 is 1.92 bits per heavy atom. The van der Waals surface area contributed by atoms with Gasteiger partial charge in [-0.15, -0.1) is 0 Å². The van der Waals surface area contributed by atoms with Gasteiger partial charge in [0.1, 0.15) is 17.1 Å². The van der Waals surface area contributed by atoms with Gasteiger partial charge >= 0.3 is 5.63 Å². The number of benzene rings is 2. The fraction of sp³-hybridized carbons (Fsp3) is 0.238. The van der Waals surface area contributed by atoms with Gasteiger partial charge in [0, 0.05) is 17.5 Å². The number of fused-ring (bicyclic) bond motifs is 1. The van der Waals surface area contributed by atoms with Gasteiger partial charge in [0.2, 0.25) is 5.78 Å². The van der Waals surface area contributed by atoms with Crippen LogP contribution in [-0.4, -0.2) is 19.5 Å². The number of methoxy groups -OCH3 is 1. The Kier molecular flexibility index (Phi) is 5.07. The molecule has 1 heterocycles. The Bertz CT molecular complexity index is 1020. The largest absolute Gasteiger partial charge is 0.496 e. The standard InChI is InChI=1S/C21H20O5/c1-4-14-10-21(23)26-20-11-15(6-7-16(14)20)25-12-18(22)17-9-13(2)5-8-19(17)24-3/h5-11H,4,12H2,1-3H3. The fourth-order valence-corrected chi connectivity index (χ4v) is 2.86. The molecule has 2 aromatic carbocycles. The van der Waals surface area contributed by atoms with E-state index in [9.17, 15) is 9.59 Å². The number of aryl methyl sites for hydroxylation is 2. The van der Waals surface area contributed by atoms with Gasteiger partial charge in [0.15, 0.2) is 6.61 Å². The van der Waals surface area contributed by atoms with Crippen LogP contribution in [0.3, 0.4) is 0 Å². The highest BCUT2D eigenvalue weighted by Gasteiger charge is 2.14. The number of ketones is 1. The first kappa shape index (κ1) is 17.7. The van der Waals surface area contributed by atoms with Crippen LogP contribution < -0.4 is 15.1 Å². The van der Waals surface area contributed by atoms with Crippen LogP contribution in [0.2, 0.25) is 0 Å². The predicted octanol–water partition coefficient (Wildman–Crippen LogP) is 3.93. The van der Waals surface area contributed by atoms with Crippen molar-refractivity contribution in [1.29, 1.82) is 0 Å². The van der Waals surface area contributed by atoms with Crippen molar-refractivity contribution in [2.24, 2.45) is 0 Å². The molecule has 0 bridgehead atoms. The second-order valence-corrected chi connectivity index (χ2v) is 6.02. The van der Waals surface area contributed by atoms with Gasteiger partial charge in [-0.2, -0.15) is 0 Å². The van der Waals surface area contributed by atoms with E-state index in [4.69, 9.17) is 13.9 Å². The van der Waals surface area contributed by atoms with E-state index in [0.29, 0.717) is 22.6 Å². The lowest BCUT2D eigenvalue weighted by Crippen LogP contribution is -2.13. The summed E-state index contributed by atoms with van der Waals surface area (Å²) in [7, 11) is 1.53. The minimum atomic E-state index is -0.396. The summed E-state index contributed by atoms with van der Waals surface area (Å²) in [5.41, 5.74) is 2.42. The van der Waals surface area contributed by atoms with Crippen LogP contribution in [0.4, 0.5) is 0 Å². The number of carbonyl (C=O) groups excluding carboxylic acids is 1. The Hall–Kier alpha value is -3.08. The van der Waals surface area contributed by atoms with E-state index in [0.717, 1.165) is 22.9 Å². The normalized spacial score (nSPS) is 10.7. The van der Waals surface area contributed by atoms with Crippen LogP contribution in [0.5, 0.6) is 11.5 Å². The van der Waals surface area contributed by atoms with Crippen molar-refractivity contribution in [3.05, 3.63) is 69.6 Å². The second-order valence-electron chi connectivity index (χ2n) is 6.02. The van der Waals surface area contributed by atoms with Crippen LogP contribution in [-0.2, 0) is 6.42 Å². The van der Waals surface area contributed by atoms with Gasteiger partial charge in [-0.1, -0.05) is 18.6 Å². The molecule has 134 valence electrons. The maximum Gasteiger partial charge on any atom is 0.336 e. The zero-order chi connectivity index (χ0) is 18.7. The molecule has 3 aromatic rings. The smallest absolute Gasteiger partial charge is 0.336 e.